The number of nitrogens with one attached hydrogen (secondary N) is 2. The molecule has 1 aromatic heterocycles. The van der Waals surface area contributed by atoms with Crippen LogP contribution in [0.4, 0.5) is 0 Å². The first-order valence-electron chi connectivity index (χ1n) is 7.00. The highest BCUT2D eigenvalue weighted by Crippen LogP contribution is 2.07. The summed E-state index contributed by atoms with van der Waals surface area (Å²) >= 11 is 0. The minimum absolute atomic E-state index is 0. The molecule has 0 radical (unpaired) electrons. The summed E-state index contributed by atoms with van der Waals surface area (Å²) in [4.78, 5) is 20.0. The number of amides is 1. The average molecular weight is 422 g/mol. The molecule has 1 aromatic rings. The molecule has 0 spiro atoms. The van der Waals surface area contributed by atoms with Gasteiger partial charge in [-0.25, -0.2) is 0 Å². The second-order valence-electron chi connectivity index (χ2n) is 4.83. The maximum absolute atomic E-state index is 11.3. The number of hydrogen-bond donors (Lipinski definition) is 2. The summed E-state index contributed by atoms with van der Waals surface area (Å²) < 4.78 is 4.84. The average Bonchev–Trinajstić information content (AvgIpc) is 3.02. The van der Waals surface area contributed by atoms with E-state index >= 15 is 0 Å². The molecule has 0 aromatic carbocycles. The molecule has 1 aliphatic rings. The van der Waals surface area contributed by atoms with Gasteiger partial charge >= 0.3 is 0 Å². The molecule has 0 aliphatic carbocycles. The number of aromatic nitrogens is 1. The Balaban J connectivity index is 0.00000242. The molecule has 1 saturated heterocycles. The first-order chi connectivity index (χ1) is 10.2. The highest BCUT2D eigenvalue weighted by Gasteiger charge is 2.20. The Morgan fingerprint density at radius 2 is 2.14 bits per heavy atom. The molecule has 0 bridgehead atoms. The van der Waals surface area contributed by atoms with Crippen molar-refractivity contribution in [1.29, 1.82) is 0 Å². The molecule has 0 atom stereocenters. The number of guanidine groups is 1. The van der Waals surface area contributed by atoms with Crippen molar-refractivity contribution in [3.05, 3.63) is 18.0 Å². The Morgan fingerprint density at radius 1 is 1.41 bits per heavy atom. The minimum atomic E-state index is -0.0548. The van der Waals surface area contributed by atoms with E-state index in [0.29, 0.717) is 0 Å². The van der Waals surface area contributed by atoms with Crippen LogP contribution < -0.4 is 10.6 Å². The summed E-state index contributed by atoms with van der Waals surface area (Å²) in [5.41, 5.74) is 0.950. The molecule has 2 heterocycles. The van der Waals surface area contributed by atoms with Crippen molar-refractivity contribution >= 4 is 35.8 Å². The van der Waals surface area contributed by atoms with Crippen molar-refractivity contribution in [2.45, 2.75) is 6.54 Å². The van der Waals surface area contributed by atoms with E-state index in [1.54, 1.807) is 20.4 Å². The lowest BCUT2D eigenvalue weighted by atomic mass is 10.3. The molecular formula is C13H23IN6O2. The van der Waals surface area contributed by atoms with Gasteiger partial charge in [0.2, 0.25) is 5.91 Å². The van der Waals surface area contributed by atoms with E-state index in [2.05, 4.69) is 30.6 Å². The minimum Gasteiger partial charge on any atom is -0.364 e. The van der Waals surface area contributed by atoms with Gasteiger partial charge in [0.1, 0.15) is 6.26 Å². The second-order valence-corrected chi connectivity index (χ2v) is 4.83. The Kier molecular flexibility index (Phi) is 8.17. The number of carbonyl (C=O) groups excluding carboxylic acids is 1. The van der Waals surface area contributed by atoms with Crippen LogP contribution in [0.3, 0.4) is 0 Å². The number of halogens is 1. The molecule has 8 nitrogen and oxygen atoms in total. The van der Waals surface area contributed by atoms with Crippen LogP contribution in [-0.4, -0.2) is 73.6 Å². The second kappa shape index (κ2) is 9.62. The fourth-order valence-corrected chi connectivity index (χ4v) is 2.25. The van der Waals surface area contributed by atoms with Crippen LogP contribution in [-0.2, 0) is 11.3 Å². The molecule has 1 amide bonds. The number of nitrogens with zero attached hydrogens (tertiary/aromatic N) is 4. The standard InChI is InChI=1S/C13H22N6O2.HI/c1-14-12(20)9-16-13(15-2)19-6-4-18(5-7-19)10-11-3-8-21-17-11;/h3,8H,4-7,9-10H2,1-2H3,(H,14,20)(H,15,16);1H. The van der Waals surface area contributed by atoms with Crippen LogP contribution in [0.15, 0.2) is 21.8 Å². The lowest BCUT2D eigenvalue weighted by Gasteiger charge is -2.36. The third kappa shape index (κ3) is 5.44. The van der Waals surface area contributed by atoms with Gasteiger partial charge in [0.05, 0.1) is 12.2 Å². The first kappa shape index (κ1) is 18.7. The Morgan fingerprint density at radius 3 is 2.68 bits per heavy atom. The quantitative estimate of drug-likeness (QED) is 0.395. The largest absolute Gasteiger partial charge is 0.364 e. The van der Waals surface area contributed by atoms with E-state index in [1.807, 2.05) is 6.07 Å². The molecule has 2 N–H and O–H groups in total. The van der Waals surface area contributed by atoms with Crippen molar-refractivity contribution in [2.24, 2.45) is 4.99 Å². The number of carbonyl (C=O) groups is 1. The van der Waals surface area contributed by atoms with Crippen molar-refractivity contribution in [3.63, 3.8) is 0 Å². The van der Waals surface area contributed by atoms with Gasteiger partial charge in [-0.2, -0.15) is 0 Å². The summed E-state index contributed by atoms with van der Waals surface area (Å²) in [7, 11) is 3.35. The summed E-state index contributed by atoms with van der Waals surface area (Å²) in [6, 6.07) is 1.89. The number of piperazine rings is 1. The molecule has 124 valence electrons. The molecule has 1 fully saturated rings. The third-order valence-corrected chi connectivity index (χ3v) is 3.45. The molecule has 1 aliphatic heterocycles. The topological polar surface area (TPSA) is 86.0 Å². The van der Waals surface area contributed by atoms with Gasteiger partial charge in [0.15, 0.2) is 5.96 Å². The van der Waals surface area contributed by atoms with Gasteiger partial charge in [-0.15, -0.1) is 24.0 Å². The van der Waals surface area contributed by atoms with Gasteiger partial charge in [0, 0.05) is 52.9 Å². The maximum Gasteiger partial charge on any atom is 0.239 e. The first-order valence-corrected chi connectivity index (χ1v) is 7.00. The van der Waals surface area contributed by atoms with Gasteiger partial charge in [-0.1, -0.05) is 5.16 Å². The summed E-state index contributed by atoms with van der Waals surface area (Å²) in [6.45, 7) is 4.62. The smallest absolute Gasteiger partial charge is 0.239 e. The Labute approximate surface area is 147 Å². The molecule has 9 heteroatoms. The number of rotatable bonds is 4. The van der Waals surface area contributed by atoms with Gasteiger partial charge < -0.3 is 20.1 Å². The maximum atomic E-state index is 11.3. The fourth-order valence-electron chi connectivity index (χ4n) is 2.25. The van der Waals surface area contributed by atoms with Gasteiger partial charge in [-0.05, 0) is 0 Å². The van der Waals surface area contributed by atoms with Crippen LogP contribution in [0.1, 0.15) is 5.69 Å². The highest BCUT2D eigenvalue weighted by atomic mass is 127. The van der Waals surface area contributed by atoms with E-state index in [9.17, 15) is 4.79 Å². The Bertz CT molecular complexity index is 471. The van der Waals surface area contributed by atoms with Gasteiger partial charge in [0.25, 0.3) is 0 Å². The highest BCUT2D eigenvalue weighted by molar-refractivity contribution is 14.0. The van der Waals surface area contributed by atoms with Crippen molar-refractivity contribution in [1.82, 2.24) is 25.6 Å². The van der Waals surface area contributed by atoms with Crippen LogP contribution in [0, 0.1) is 0 Å². The van der Waals surface area contributed by atoms with Crippen molar-refractivity contribution in [3.8, 4) is 0 Å². The molecule has 0 saturated carbocycles. The Hall–Kier alpha value is -1.36. The van der Waals surface area contributed by atoms with Crippen LogP contribution in [0.5, 0.6) is 0 Å². The predicted molar refractivity (Wildman–Crippen MR) is 94.2 cm³/mol. The van der Waals surface area contributed by atoms with E-state index in [0.717, 1.165) is 44.4 Å². The summed E-state index contributed by atoms with van der Waals surface area (Å²) in [6.07, 6.45) is 1.59. The SMILES string of the molecule is CN=C(NCC(=O)NC)N1CCN(Cc2ccon2)CC1.I. The zero-order valence-electron chi connectivity index (χ0n) is 12.9. The monoisotopic (exact) mass is 422 g/mol. The molecule has 2 rings (SSSR count). The van der Waals surface area contributed by atoms with E-state index in [-0.39, 0.29) is 36.4 Å². The van der Waals surface area contributed by atoms with Crippen molar-refractivity contribution < 1.29 is 9.32 Å². The molecule has 0 unspecified atom stereocenters. The summed E-state index contributed by atoms with van der Waals surface area (Å²) in [5, 5.41) is 9.58. The van der Waals surface area contributed by atoms with Crippen molar-refractivity contribution in [2.75, 3.05) is 46.8 Å². The van der Waals surface area contributed by atoms with E-state index < -0.39 is 0 Å². The van der Waals surface area contributed by atoms with Crippen LogP contribution >= 0.6 is 24.0 Å². The zero-order chi connectivity index (χ0) is 15.1. The zero-order valence-corrected chi connectivity index (χ0v) is 15.2. The molecular weight excluding hydrogens is 399 g/mol. The number of likely N-dealkylation sites (N-methyl/N-ethyl adjacent to an activating group) is 1. The number of aliphatic imine (C=N–C) groups is 1. The fraction of sp³-hybridized carbons (Fsp3) is 0.615. The van der Waals surface area contributed by atoms with Crippen LogP contribution in [0.2, 0.25) is 0 Å². The van der Waals surface area contributed by atoms with E-state index in [4.69, 9.17) is 4.52 Å². The predicted octanol–water partition coefficient (Wildman–Crippen LogP) is -0.268. The number of hydrogen-bond acceptors (Lipinski definition) is 5. The third-order valence-electron chi connectivity index (χ3n) is 3.45. The van der Waals surface area contributed by atoms with Gasteiger partial charge in [-0.3, -0.25) is 14.7 Å². The lowest BCUT2D eigenvalue weighted by Crippen LogP contribution is -2.53. The molecule has 22 heavy (non-hydrogen) atoms. The lowest BCUT2D eigenvalue weighted by molar-refractivity contribution is -0.119. The van der Waals surface area contributed by atoms with Crippen LogP contribution in [0.25, 0.3) is 0 Å². The summed E-state index contributed by atoms with van der Waals surface area (Å²) in [5.74, 6) is 0.709. The van der Waals surface area contributed by atoms with E-state index in [1.165, 1.54) is 0 Å². The normalized spacial score (nSPS) is 16.1.